The lowest BCUT2D eigenvalue weighted by Crippen LogP contribution is -2.35. The van der Waals surface area contributed by atoms with Gasteiger partial charge in [0.1, 0.15) is 0 Å². The molecule has 3 rings (SSSR count). The number of hydrogen-bond donors (Lipinski definition) is 1. The molecule has 1 aliphatic heterocycles. The fourth-order valence-corrected chi connectivity index (χ4v) is 3.07. The Hall–Kier alpha value is -1.64. The molecule has 0 radical (unpaired) electrons. The molecule has 0 amide bonds. The smallest absolute Gasteiger partial charge is 0.0449 e. The third kappa shape index (κ3) is 3.72. The summed E-state index contributed by atoms with van der Waals surface area (Å²) in [5.41, 5.74) is 2.79. The summed E-state index contributed by atoms with van der Waals surface area (Å²) in [6, 6.07) is 22.7. The molecule has 1 saturated heterocycles. The van der Waals surface area contributed by atoms with Crippen LogP contribution in [-0.2, 0) is 6.54 Å². The van der Waals surface area contributed by atoms with E-state index in [1.54, 1.807) is 0 Å². The van der Waals surface area contributed by atoms with E-state index < -0.39 is 0 Å². The van der Waals surface area contributed by atoms with Crippen molar-refractivity contribution in [1.29, 1.82) is 0 Å². The maximum Gasteiger partial charge on any atom is 0.0449 e. The Kier molecular flexibility index (Phi) is 4.69. The van der Waals surface area contributed by atoms with E-state index >= 15 is 0 Å². The highest BCUT2D eigenvalue weighted by Crippen LogP contribution is 2.21. The Morgan fingerprint density at radius 1 is 1.00 bits per heavy atom. The molecule has 0 aromatic heterocycles. The van der Waals surface area contributed by atoms with Crippen molar-refractivity contribution in [3.63, 3.8) is 0 Å². The van der Waals surface area contributed by atoms with Gasteiger partial charge in [0.15, 0.2) is 0 Å². The summed E-state index contributed by atoms with van der Waals surface area (Å²) in [6.07, 6.45) is 1.20. The van der Waals surface area contributed by atoms with Gasteiger partial charge >= 0.3 is 0 Å². The average Bonchev–Trinajstić information content (AvgIpc) is 2.72. The first-order valence-electron chi connectivity index (χ1n) is 7.89. The summed E-state index contributed by atoms with van der Waals surface area (Å²) in [4.78, 5) is 2.60. The Bertz CT molecular complexity index is 538. The largest absolute Gasteiger partial charge is 0.309 e. The Balaban J connectivity index is 1.75. The second-order valence-electron chi connectivity index (χ2n) is 5.97. The van der Waals surface area contributed by atoms with Gasteiger partial charge in [-0.15, -0.1) is 0 Å². The lowest BCUT2D eigenvalue weighted by atomic mass is 10.1. The molecule has 1 fully saturated rings. The predicted molar refractivity (Wildman–Crippen MR) is 88.1 cm³/mol. The molecule has 21 heavy (non-hydrogen) atoms. The molecule has 2 heteroatoms. The molecular weight excluding hydrogens is 256 g/mol. The number of benzene rings is 2. The molecule has 0 aliphatic carbocycles. The van der Waals surface area contributed by atoms with E-state index in [4.69, 9.17) is 0 Å². The average molecular weight is 280 g/mol. The molecule has 2 nitrogen and oxygen atoms in total. The summed E-state index contributed by atoms with van der Waals surface area (Å²) in [5.74, 6) is 0. The fourth-order valence-electron chi connectivity index (χ4n) is 3.07. The van der Waals surface area contributed by atoms with E-state index in [2.05, 4.69) is 77.8 Å². The zero-order chi connectivity index (χ0) is 14.5. The standard InChI is InChI=1S/C19H24N2/c1-16-12-13-20-19(18-10-6-3-7-11-18)15-21(16)14-17-8-4-2-5-9-17/h2-11,16,19-20H,12-15H2,1H3. The van der Waals surface area contributed by atoms with E-state index in [9.17, 15) is 0 Å². The first-order chi connectivity index (χ1) is 10.3. The summed E-state index contributed by atoms with van der Waals surface area (Å²) < 4.78 is 0. The minimum absolute atomic E-state index is 0.430. The van der Waals surface area contributed by atoms with E-state index in [0.717, 1.165) is 19.6 Å². The van der Waals surface area contributed by atoms with Crippen LogP contribution in [0.5, 0.6) is 0 Å². The van der Waals surface area contributed by atoms with Crippen LogP contribution in [0.2, 0.25) is 0 Å². The molecule has 0 bridgehead atoms. The van der Waals surface area contributed by atoms with Gasteiger partial charge in [-0.3, -0.25) is 4.90 Å². The molecular formula is C19H24N2. The van der Waals surface area contributed by atoms with Crippen molar-refractivity contribution in [1.82, 2.24) is 10.2 Å². The molecule has 0 saturated carbocycles. The summed E-state index contributed by atoms with van der Waals surface area (Å²) in [5, 5.41) is 3.70. The topological polar surface area (TPSA) is 15.3 Å². The molecule has 1 heterocycles. The zero-order valence-electron chi connectivity index (χ0n) is 12.7. The van der Waals surface area contributed by atoms with Crippen LogP contribution in [0.15, 0.2) is 60.7 Å². The second kappa shape index (κ2) is 6.88. The molecule has 2 aromatic carbocycles. The Labute approximate surface area is 127 Å². The summed E-state index contributed by atoms with van der Waals surface area (Å²) in [7, 11) is 0. The van der Waals surface area contributed by atoms with Crippen LogP contribution in [0.1, 0.15) is 30.5 Å². The van der Waals surface area contributed by atoms with Crippen LogP contribution >= 0.6 is 0 Å². The monoisotopic (exact) mass is 280 g/mol. The molecule has 1 N–H and O–H groups in total. The zero-order valence-corrected chi connectivity index (χ0v) is 12.7. The maximum atomic E-state index is 3.70. The van der Waals surface area contributed by atoms with E-state index in [-0.39, 0.29) is 0 Å². The van der Waals surface area contributed by atoms with E-state index in [1.807, 2.05) is 0 Å². The van der Waals surface area contributed by atoms with Gasteiger partial charge in [-0.1, -0.05) is 60.7 Å². The van der Waals surface area contributed by atoms with Gasteiger partial charge in [0.05, 0.1) is 0 Å². The first-order valence-corrected chi connectivity index (χ1v) is 7.89. The number of nitrogens with one attached hydrogen (secondary N) is 1. The number of nitrogens with zero attached hydrogens (tertiary/aromatic N) is 1. The second-order valence-corrected chi connectivity index (χ2v) is 5.97. The van der Waals surface area contributed by atoms with Crippen molar-refractivity contribution in [3.8, 4) is 0 Å². The van der Waals surface area contributed by atoms with Crippen molar-refractivity contribution in [2.24, 2.45) is 0 Å². The van der Waals surface area contributed by atoms with E-state index in [1.165, 1.54) is 17.5 Å². The van der Waals surface area contributed by atoms with Gasteiger partial charge in [-0.25, -0.2) is 0 Å². The van der Waals surface area contributed by atoms with Crippen molar-refractivity contribution in [3.05, 3.63) is 71.8 Å². The quantitative estimate of drug-likeness (QED) is 0.924. The van der Waals surface area contributed by atoms with Crippen LogP contribution in [0.25, 0.3) is 0 Å². The van der Waals surface area contributed by atoms with Crippen LogP contribution < -0.4 is 5.32 Å². The van der Waals surface area contributed by atoms with E-state index in [0.29, 0.717) is 12.1 Å². The molecule has 2 atom stereocenters. The normalized spacial score (nSPS) is 23.7. The van der Waals surface area contributed by atoms with Crippen LogP contribution in [-0.4, -0.2) is 24.0 Å². The van der Waals surface area contributed by atoms with Gasteiger partial charge in [0.25, 0.3) is 0 Å². The number of rotatable bonds is 3. The minimum atomic E-state index is 0.430. The maximum absolute atomic E-state index is 3.70. The highest BCUT2D eigenvalue weighted by Gasteiger charge is 2.23. The lowest BCUT2D eigenvalue weighted by molar-refractivity contribution is 0.196. The van der Waals surface area contributed by atoms with Gasteiger partial charge in [0, 0.05) is 25.2 Å². The third-order valence-corrected chi connectivity index (χ3v) is 4.42. The fraction of sp³-hybridized carbons (Fsp3) is 0.368. The van der Waals surface area contributed by atoms with Crippen molar-refractivity contribution >= 4 is 0 Å². The summed E-state index contributed by atoms with van der Waals surface area (Å²) in [6.45, 7) is 5.54. The molecule has 2 aromatic rings. The molecule has 2 unspecified atom stereocenters. The molecule has 110 valence electrons. The van der Waals surface area contributed by atoms with Crippen LogP contribution in [0, 0.1) is 0 Å². The van der Waals surface area contributed by atoms with Gasteiger partial charge < -0.3 is 5.32 Å². The van der Waals surface area contributed by atoms with Crippen molar-refractivity contribution < 1.29 is 0 Å². The molecule has 0 spiro atoms. The van der Waals surface area contributed by atoms with Crippen LogP contribution in [0.4, 0.5) is 0 Å². The molecule has 1 aliphatic rings. The SMILES string of the molecule is CC1CCNC(c2ccccc2)CN1Cc1ccccc1. The Morgan fingerprint density at radius 2 is 1.67 bits per heavy atom. The first kappa shape index (κ1) is 14.3. The van der Waals surface area contributed by atoms with Crippen molar-refractivity contribution in [2.75, 3.05) is 13.1 Å². The predicted octanol–water partition coefficient (Wildman–Crippen LogP) is 3.61. The van der Waals surface area contributed by atoms with Gasteiger partial charge in [-0.2, -0.15) is 0 Å². The Morgan fingerprint density at radius 3 is 2.38 bits per heavy atom. The highest BCUT2D eigenvalue weighted by molar-refractivity contribution is 5.20. The summed E-state index contributed by atoms with van der Waals surface area (Å²) >= 11 is 0. The highest BCUT2D eigenvalue weighted by atomic mass is 15.2. The third-order valence-electron chi connectivity index (χ3n) is 4.42. The van der Waals surface area contributed by atoms with Gasteiger partial charge in [-0.05, 0) is 31.0 Å². The van der Waals surface area contributed by atoms with Crippen molar-refractivity contribution in [2.45, 2.75) is 32.0 Å². The minimum Gasteiger partial charge on any atom is -0.309 e. The lowest BCUT2D eigenvalue weighted by Gasteiger charge is -2.29. The van der Waals surface area contributed by atoms with Crippen LogP contribution in [0.3, 0.4) is 0 Å². The number of hydrogen-bond acceptors (Lipinski definition) is 2. The van der Waals surface area contributed by atoms with Gasteiger partial charge in [0.2, 0.25) is 0 Å².